The molecule has 1 aromatic carbocycles. The molecule has 0 atom stereocenters. The van der Waals surface area contributed by atoms with Crippen molar-refractivity contribution in [2.75, 3.05) is 6.54 Å². The van der Waals surface area contributed by atoms with Crippen LogP contribution in [0.25, 0.3) is 0 Å². The SMILES string of the molecule is C=CCCNS(=O)(=O)c1cccc(O)c1. The van der Waals surface area contributed by atoms with Gasteiger partial charge in [0.25, 0.3) is 0 Å². The summed E-state index contributed by atoms with van der Waals surface area (Å²) in [6.07, 6.45) is 2.20. The van der Waals surface area contributed by atoms with Crippen molar-refractivity contribution in [1.29, 1.82) is 0 Å². The normalized spacial score (nSPS) is 11.2. The summed E-state index contributed by atoms with van der Waals surface area (Å²) in [4.78, 5) is 0.0616. The number of hydrogen-bond donors (Lipinski definition) is 2. The van der Waals surface area contributed by atoms with E-state index in [2.05, 4.69) is 11.3 Å². The molecule has 0 aliphatic rings. The van der Waals surface area contributed by atoms with Crippen LogP contribution in [-0.2, 0) is 10.0 Å². The molecule has 0 bridgehead atoms. The molecule has 0 fully saturated rings. The van der Waals surface area contributed by atoms with Crippen LogP contribution in [0.1, 0.15) is 6.42 Å². The molecule has 0 aromatic heterocycles. The first-order valence-corrected chi connectivity index (χ1v) is 5.94. The van der Waals surface area contributed by atoms with Gasteiger partial charge in [-0.05, 0) is 24.6 Å². The Hall–Kier alpha value is -1.33. The first-order valence-electron chi connectivity index (χ1n) is 4.46. The first-order chi connectivity index (χ1) is 7.06. The molecule has 1 aromatic rings. The van der Waals surface area contributed by atoms with Gasteiger partial charge in [0, 0.05) is 6.54 Å². The molecule has 0 amide bonds. The molecule has 5 heteroatoms. The second-order valence-electron chi connectivity index (χ2n) is 2.97. The van der Waals surface area contributed by atoms with Gasteiger partial charge in [0.05, 0.1) is 4.90 Å². The monoisotopic (exact) mass is 227 g/mol. The predicted octanol–water partition coefficient (Wildman–Crippen LogP) is 1.25. The Morgan fingerprint density at radius 1 is 1.47 bits per heavy atom. The third-order valence-corrected chi connectivity index (χ3v) is 3.23. The van der Waals surface area contributed by atoms with Crippen molar-refractivity contribution in [2.24, 2.45) is 0 Å². The van der Waals surface area contributed by atoms with Crippen molar-refractivity contribution in [2.45, 2.75) is 11.3 Å². The van der Waals surface area contributed by atoms with Gasteiger partial charge in [0.2, 0.25) is 10.0 Å². The Morgan fingerprint density at radius 2 is 2.20 bits per heavy atom. The highest BCUT2D eigenvalue weighted by atomic mass is 32.2. The van der Waals surface area contributed by atoms with Crippen molar-refractivity contribution in [1.82, 2.24) is 4.72 Å². The van der Waals surface area contributed by atoms with Gasteiger partial charge in [-0.3, -0.25) is 0 Å². The number of hydrogen-bond acceptors (Lipinski definition) is 3. The van der Waals surface area contributed by atoms with Crippen molar-refractivity contribution >= 4 is 10.0 Å². The minimum absolute atomic E-state index is 0.0616. The maximum absolute atomic E-state index is 11.6. The highest BCUT2D eigenvalue weighted by Crippen LogP contribution is 2.15. The largest absolute Gasteiger partial charge is 0.508 e. The smallest absolute Gasteiger partial charge is 0.240 e. The molecule has 0 unspecified atom stereocenters. The standard InChI is InChI=1S/C10H13NO3S/c1-2-3-7-11-15(13,14)10-6-4-5-9(12)8-10/h2,4-6,8,11-12H,1,3,7H2. The van der Waals surface area contributed by atoms with E-state index in [9.17, 15) is 8.42 Å². The lowest BCUT2D eigenvalue weighted by molar-refractivity contribution is 0.473. The highest BCUT2D eigenvalue weighted by molar-refractivity contribution is 7.89. The average Bonchev–Trinajstić information content (AvgIpc) is 2.18. The van der Waals surface area contributed by atoms with Crippen LogP contribution >= 0.6 is 0 Å². The zero-order chi connectivity index (χ0) is 11.3. The van der Waals surface area contributed by atoms with Crippen molar-refractivity contribution in [3.8, 4) is 5.75 Å². The van der Waals surface area contributed by atoms with Gasteiger partial charge >= 0.3 is 0 Å². The van der Waals surface area contributed by atoms with Crippen LogP contribution in [0.2, 0.25) is 0 Å². The summed E-state index contributed by atoms with van der Waals surface area (Å²) < 4.78 is 25.6. The van der Waals surface area contributed by atoms with Gasteiger partial charge < -0.3 is 5.11 Å². The van der Waals surface area contributed by atoms with Gasteiger partial charge in [0.15, 0.2) is 0 Å². The molecular weight excluding hydrogens is 214 g/mol. The summed E-state index contributed by atoms with van der Waals surface area (Å²) in [5, 5.41) is 9.14. The van der Waals surface area contributed by atoms with Crippen LogP contribution in [0.5, 0.6) is 5.75 Å². The molecule has 0 spiro atoms. The molecule has 0 aliphatic heterocycles. The molecular formula is C10H13NO3S. The molecule has 0 saturated carbocycles. The highest BCUT2D eigenvalue weighted by Gasteiger charge is 2.12. The number of benzene rings is 1. The van der Waals surface area contributed by atoms with Crippen LogP contribution < -0.4 is 4.72 Å². The summed E-state index contributed by atoms with van der Waals surface area (Å²) in [6, 6.07) is 5.53. The number of phenolic OH excluding ortho intramolecular Hbond substituents is 1. The van der Waals surface area contributed by atoms with Crippen LogP contribution in [0, 0.1) is 0 Å². The first kappa shape index (κ1) is 11.7. The fourth-order valence-electron chi connectivity index (χ4n) is 1.03. The van der Waals surface area contributed by atoms with Gasteiger partial charge in [-0.15, -0.1) is 6.58 Å². The van der Waals surface area contributed by atoms with Crippen molar-refractivity contribution in [3.63, 3.8) is 0 Å². The van der Waals surface area contributed by atoms with Gasteiger partial charge in [-0.25, -0.2) is 13.1 Å². The summed E-state index contributed by atoms with van der Waals surface area (Å²) >= 11 is 0. The molecule has 0 heterocycles. The third kappa shape index (κ3) is 3.38. The van der Waals surface area contributed by atoms with E-state index in [1.807, 2.05) is 0 Å². The van der Waals surface area contributed by atoms with Crippen molar-refractivity contribution < 1.29 is 13.5 Å². The fraction of sp³-hybridized carbons (Fsp3) is 0.200. The average molecular weight is 227 g/mol. The van der Waals surface area contributed by atoms with E-state index >= 15 is 0 Å². The number of rotatable bonds is 5. The molecule has 0 radical (unpaired) electrons. The van der Waals surface area contributed by atoms with E-state index in [4.69, 9.17) is 5.11 Å². The maximum atomic E-state index is 11.6. The summed E-state index contributed by atoms with van der Waals surface area (Å²) in [6.45, 7) is 3.80. The van der Waals surface area contributed by atoms with Crippen LogP contribution in [0.4, 0.5) is 0 Å². The second kappa shape index (κ2) is 4.95. The third-order valence-electron chi connectivity index (χ3n) is 1.77. The van der Waals surface area contributed by atoms with E-state index in [1.165, 1.54) is 24.3 Å². The minimum Gasteiger partial charge on any atom is -0.508 e. The molecule has 15 heavy (non-hydrogen) atoms. The quantitative estimate of drug-likeness (QED) is 0.587. The molecule has 0 saturated heterocycles. The number of sulfonamides is 1. The number of nitrogens with one attached hydrogen (secondary N) is 1. The minimum atomic E-state index is -3.51. The van der Waals surface area contributed by atoms with Crippen molar-refractivity contribution in [3.05, 3.63) is 36.9 Å². The Labute approximate surface area is 89.3 Å². The van der Waals surface area contributed by atoms with Gasteiger partial charge in [0.1, 0.15) is 5.75 Å². The Kier molecular flexibility index (Phi) is 3.88. The number of phenols is 1. The zero-order valence-corrected chi connectivity index (χ0v) is 9.00. The van der Waals surface area contributed by atoms with E-state index in [0.29, 0.717) is 13.0 Å². The summed E-state index contributed by atoms with van der Waals surface area (Å²) in [7, 11) is -3.51. The van der Waals surface area contributed by atoms with E-state index in [0.717, 1.165) is 0 Å². The second-order valence-corrected chi connectivity index (χ2v) is 4.74. The lowest BCUT2D eigenvalue weighted by Crippen LogP contribution is -2.24. The van der Waals surface area contributed by atoms with Crippen LogP contribution in [0.3, 0.4) is 0 Å². The Bertz CT molecular complexity index is 440. The van der Waals surface area contributed by atoms with E-state index < -0.39 is 10.0 Å². The Morgan fingerprint density at radius 3 is 2.80 bits per heavy atom. The van der Waals surface area contributed by atoms with Gasteiger partial charge in [-0.2, -0.15) is 0 Å². The molecule has 4 nitrogen and oxygen atoms in total. The summed E-state index contributed by atoms with van der Waals surface area (Å²) in [5.41, 5.74) is 0. The summed E-state index contributed by atoms with van der Waals surface area (Å²) in [5.74, 6) is -0.0680. The maximum Gasteiger partial charge on any atom is 0.240 e. The van der Waals surface area contributed by atoms with Gasteiger partial charge in [-0.1, -0.05) is 12.1 Å². The predicted molar refractivity (Wildman–Crippen MR) is 58.1 cm³/mol. The molecule has 1 rings (SSSR count). The van der Waals surface area contributed by atoms with Crippen LogP contribution in [-0.4, -0.2) is 20.1 Å². The molecule has 2 N–H and O–H groups in total. The Balaban J connectivity index is 2.82. The van der Waals surface area contributed by atoms with E-state index in [1.54, 1.807) is 6.08 Å². The lowest BCUT2D eigenvalue weighted by atomic mass is 10.3. The fourth-order valence-corrected chi connectivity index (χ4v) is 2.12. The molecule has 82 valence electrons. The lowest BCUT2D eigenvalue weighted by Gasteiger charge is -2.05. The van der Waals surface area contributed by atoms with Crippen LogP contribution in [0.15, 0.2) is 41.8 Å². The topological polar surface area (TPSA) is 66.4 Å². The zero-order valence-electron chi connectivity index (χ0n) is 8.18. The number of aromatic hydroxyl groups is 1. The van der Waals surface area contributed by atoms with E-state index in [-0.39, 0.29) is 10.6 Å². The molecule has 0 aliphatic carbocycles.